The second kappa shape index (κ2) is 17.4. The molecule has 9 nitrogen and oxygen atoms in total. The first-order valence-electron chi connectivity index (χ1n) is 14.9. The van der Waals surface area contributed by atoms with Crippen LogP contribution in [0.2, 0.25) is 0 Å². The molecule has 0 radical (unpaired) electrons. The maximum atomic E-state index is 14.1. The summed E-state index contributed by atoms with van der Waals surface area (Å²) in [6, 6.07) is 27.2. The maximum absolute atomic E-state index is 14.1. The van der Waals surface area contributed by atoms with Crippen LogP contribution in [-0.2, 0) is 36.4 Å². The first kappa shape index (κ1) is 34.5. The van der Waals surface area contributed by atoms with E-state index in [0.717, 1.165) is 11.1 Å². The molecule has 0 spiro atoms. The zero-order chi connectivity index (χ0) is 32.0. The first-order valence-corrected chi connectivity index (χ1v) is 16.8. The molecule has 3 aromatic carbocycles. The van der Waals surface area contributed by atoms with Crippen molar-refractivity contribution in [3.63, 3.8) is 0 Å². The summed E-state index contributed by atoms with van der Waals surface area (Å²) in [4.78, 5) is 39.6. The number of amides is 3. The average molecular weight is 622 g/mol. The van der Waals surface area contributed by atoms with Gasteiger partial charge in [0.25, 0.3) is 0 Å². The summed E-state index contributed by atoms with van der Waals surface area (Å²) in [7, 11) is -2.28. The van der Waals surface area contributed by atoms with Gasteiger partial charge in [-0.25, -0.2) is 4.79 Å². The molecule has 44 heavy (non-hydrogen) atoms. The van der Waals surface area contributed by atoms with Crippen LogP contribution in [0.5, 0.6) is 0 Å². The number of rotatable bonds is 16. The highest BCUT2D eigenvalue weighted by Crippen LogP contribution is 2.52. The molecule has 3 amide bonds. The summed E-state index contributed by atoms with van der Waals surface area (Å²) in [5.74, 6) is -2.28. The molecular formula is C34H44N3O6P. The minimum atomic E-state index is -3.59. The zero-order valence-corrected chi connectivity index (χ0v) is 26.8. The number of para-hydroxylation sites is 1. The standard InChI is InChI=1S/C34H44N3O6P/c1-25(2)22-31(33(39)36-30-18-12-7-13-19-30)37-32(38)29(21-20-27-14-8-5-9-15-27)24-44(41,42-4)26(3)35-34(40)43-23-28-16-10-6-11-17-28/h5-19,25-26,29,31H,20-24H2,1-4H3,(H,35,40)(H,36,39)(H,37,38)/t26?,29?,31-,44?/m0/s1. The van der Waals surface area contributed by atoms with E-state index in [4.69, 9.17) is 9.26 Å². The number of hydrogen-bond donors (Lipinski definition) is 3. The molecule has 0 aromatic heterocycles. The Morgan fingerprint density at radius 1 is 0.773 bits per heavy atom. The van der Waals surface area contributed by atoms with Crippen molar-refractivity contribution in [3.8, 4) is 0 Å². The molecule has 0 saturated heterocycles. The van der Waals surface area contributed by atoms with E-state index < -0.39 is 37.1 Å². The van der Waals surface area contributed by atoms with E-state index in [1.165, 1.54) is 7.11 Å². The maximum Gasteiger partial charge on any atom is 0.408 e. The molecule has 4 atom stereocenters. The smallest absolute Gasteiger partial charge is 0.408 e. The minimum absolute atomic E-state index is 0.0566. The average Bonchev–Trinajstić information content (AvgIpc) is 3.02. The van der Waals surface area contributed by atoms with Crippen LogP contribution in [-0.4, -0.2) is 43.0 Å². The molecule has 3 aromatic rings. The number of ether oxygens (including phenoxy) is 1. The molecule has 10 heteroatoms. The van der Waals surface area contributed by atoms with Crippen molar-refractivity contribution in [1.29, 1.82) is 0 Å². The fraction of sp³-hybridized carbons (Fsp3) is 0.382. The van der Waals surface area contributed by atoms with Crippen LogP contribution < -0.4 is 16.0 Å². The van der Waals surface area contributed by atoms with Gasteiger partial charge in [-0.3, -0.25) is 14.2 Å². The lowest BCUT2D eigenvalue weighted by molar-refractivity contribution is -0.129. The zero-order valence-electron chi connectivity index (χ0n) is 25.9. The van der Waals surface area contributed by atoms with Crippen LogP contribution in [0, 0.1) is 11.8 Å². The number of nitrogens with one attached hydrogen (secondary N) is 3. The molecule has 0 saturated carbocycles. The van der Waals surface area contributed by atoms with Crippen molar-refractivity contribution < 1.29 is 28.2 Å². The predicted molar refractivity (Wildman–Crippen MR) is 173 cm³/mol. The molecule has 0 bridgehead atoms. The molecule has 236 valence electrons. The Morgan fingerprint density at radius 2 is 1.34 bits per heavy atom. The van der Waals surface area contributed by atoms with E-state index in [2.05, 4.69) is 16.0 Å². The number of aryl methyl sites for hydroxylation is 1. The van der Waals surface area contributed by atoms with Gasteiger partial charge in [-0.2, -0.15) is 0 Å². The van der Waals surface area contributed by atoms with Crippen molar-refractivity contribution in [1.82, 2.24) is 10.6 Å². The second-order valence-corrected chi connectivity index (χ2v) is 14.2. The van der Waals surface area contributed by atoms with Crippen molar-refractivity contribution >= 4 is 31.0 Å². The van der Waals surface area contributed by atoms with Crippen molar-refractivity contribution in [2.75, 3.05) is 18.6 Å². The third-order valence-electron chi connectivity index (χ3n) is 7.29. The lowest BCUT2D eigenvalue weighted by Gasteiger charge is -2.29. The monoisotopic (exact) mass is 621 g/mol. The summed E-state index contributed by atoms with van der Waals surface area (Å²) in [5.41, 5.74) is 2.47. The molecule has 0 aliphatic carbocycles. The van der Waals surface area contributed by atoms with Crippen molar-refractivity contribution in [2.45, 2.75) is 58.5 Å². The van der Waals surface area contributed by atoms with Crippen LogP contribution in [0.1, 0.15) is 44.7 Å². The van der Waals surface area contributed by atoms with E-state index in [0.29, 0.717) is 24.9 Å². The normalized spacial score (nSPS) is 14.5. The molecule has 3 rings (SSSR count). The van der Waals surface area contributed by atoms with Gasteiger partial charge < -0.3 is 25.2 Å². The van der Waals surface area contributed by atoms with Gasteiger partial charge in [-0.05, 0) is 55.4 Å². The summed E-state index contributed by atoms with van der Waals surface area (Å²) >= 11 is 0. The highest BCUT2D eigenvalue weighted by Gasteiger charge is 2.37. The van der Waals surface area contributed by atoms with Gasteiger partial charge in [0, 0.05) is 24.9 Å². The van der Waals surface area contributed by atoms with Gasteiger partial charge in [0.15, 0.2) is 0 Å². The summed E-state index contributed by atoms with van der Waals surface area (Å²) in [6.07, 6.45) is 0.469. The highest BCUT2D eigenvalue weighted by molar-refractivity contribution is 7.59. The summed E-state index contributed by atoms with van der Waals surface area (Å²) in [6.45, 7) is 5.59. The van der Waals surface area contributed by atoms with E-state index in [1.807, 2.05) is 92.7 Å². The lowest BCUT2D eigenvalue weighted by atomic mass is 9.98. The van der Waals surface area contributed by atoms with E-state index in [9.17, 15) is 18.9 Å². The SMILES string of the molecule is COP(=O)(CC(CCc1ccccc1)C(=O)N[C@@H](CC(C)C)C(=O)Nc1ccccc1)C(C)NC(=O)OCc1ccccc1. The van der Waals surface area contributed by atoms with Crippen LogP contribution in [0.4, 0.5) is 10.5 Å². The lowest BCUT2D eigenvalue weighted by Crippen LogP contribution is -2.47. The topological polar surface area (TPSA) is 123 Å². The summed E-state index contributed by atoms with van der Waals surface area (Å²) in [5, 5.41) is 8.43. The predicted octanol–water partition coefficient (Wildman–Crippen LogP) is 6.60. The quantitative estimate of drug-likeness (QED) is 0.155. The minimum Gasteiger partial charge on any atom is -0.445 e. The number of anilines is 1. The molecule has 3 unspecified atom stereocenters. The van der Waals surface area contributed by atoms with Gasteiger partial charge in [0.05, 0.1) is 0 Å². The Labute approximate surface area is 260 Å². The fourth-order valence-corrected chi connectivity index (χ4v) is 6.81. The Hall–Kier alpha value is -3.94. The van der Waals surface area contributed by atoms with Gasteiger partial charge in [0.1, 0.15) is 18.4 Å². The number of benzene rings is 3. The van der Waals surface area contributed by atoms with Gasteiger partial charge in [0.2, 0.25) is 19.2 Å². The van der Waals surface area contributed by atoms with Crippen LogP contribution in [0.15, 0.2) is 91.0 Å². The number of carbonyl (C=O) groups excluding carboxylic acids is 3. The molecule has 3 N–H and O–H groups in total. The Balaban J connectivity index is 1.75. The van der Waals surface area contributed by atoms with Gasteiger partial charge >= 0.3 is 6.09 Å². The van der Waals surface area contributed by atoms with Gasteiger partial charge in [-0.15, -0.1) is 0 Å². The molecular weight excluding hydrogens is 577 g/mol. The Bertz CT molecular complexity index is 1370. The third kappa shape index (κ3) is 11.3. The molecule has 0 aliphatic rings. The molecule has 0 fully saturated rings. The van der Waals surface area contributed by atoms with Crippen LogP contribution >= 0.6 is 7.37 Å². The number of alkyl carbamates (subject to hydrolysis) is 1. The van der Waals surface area contributed by atoms with E-state index >= 15 is 0 Å². The van der Waals surface area contributed by atoms with E-state index in [1.54, 1.807) is 19.1 Å². The highest BCUT2D eigenvalue weighted by atomic mass is 31.2. The number of hydrogen-bond acceptors (Lipinski definition) is 6. The van der Waals surface area contributed by atoms with Crippen LogP contribution in [0.25, 0.3) is 0 Å². The third-order valence-corrected chi connectivity index (χ3v) is 10.2. The van der Waals surface area contributed by atoms with Crippen molar-refractivity contribution in [3.05, 3.63) is 102 Å². The fourth-order valence-electron chi connectivity index (χ4n) is 4.77. The summed E-state index contributed by atoms with van der Waals surface area (Å²) < 4.78 is 24.9. The first-order chi connectivity index (χ1) is 21.1. The van der Waals surface area contributed by atoms with Crippen molar-refractivity contribution in [2.24, 2.45) is 11.8 Å². The Morgan fingerprint density at radius 3 is 1.91 bits per heavy atom. The van der Waals surface area contributed by atoms with Gasteiger partial charge in [-0.1, -0.05) is 92.7 Å². The second-order valence-electron chi connectivity index (χ2n) is 11.2. The van der Waals surface area contributed by atoms with Crippen LogP contribution in [0.3, 0.4) is 0 Å². The van der Waals surface area contributed by atoms with E-state index in [-0.39, 0.29) is 24.6 Å². The number of carbonyl (C=O) groups is 3. The molecule has 0 aliphatic heterocycles. The Kier molecular flexibility index (Phi) is 13.6. The molecule has 0 heterocycles. The largest absolute Gasteiger partial charge is 0.445 e.